The lowest BCUT2D eigenvalue weighted by Crippen LogP contribution is -2.35. The highest BCUT2D eigenvalue weighted by Gasteiger charge is 2.24. The highest BCUT2D eigenvalue weighted by molar-refractivity contribution is 5.79. The van der Waals surface area contributed by atoms with Gasteiger partial charge >= 0.3 is 0 Å². The molecule has 0 saturated carbocycles. The molecule has 0 radical (unpaired) electrons. The van der Waals surface area contributed by atoms with Gasteiger partial charge in [-0.3, -0.25) is 9.59 Å². The number of carbonyl (C=O) groups excluding carboxylic acids is 2. The first kappa shape index (κ1) is 14.1. The van der Waals surface area contributed by atoms with Crippen molar-refractivity contribution in [2.24, 2.45) is 0 Å². The van der Waals surface area contributed by atoms with Crippen molar-refractivity contribution in [1.29, 1.82) is 0 Å². The quantitative estimate of drug-likeness (QED) is 0.898. The number of fused-ring (bicyclic) bond motifs is 1. The molecule has 4 heteroatoms. The maximum absolute atomic E-state index is 12.0. The van der Waals surface area contributed by atoms with Gasteiger partial charge in [-0.25, -0.2) is 0 Å². The van der Waals surface area contributed by atoms with Crippen molar-refractivity contribution in [1.82, 2.24) is 10.2 Å². The first-order valence-electron chi connectivity index (χ1n) is 7.86. The molecule has 4 nitrogen and oxygen atoms in total. The van der Waals surface area contributed by atoms with Crippen LogP contribution in [-0.4, -0.2) is 36.3 Å². The molecule has 1 N–H and O–H groups in total. The number of rotatable bonds is 5. The number of aryl methyl sites for hydroxylation is 1. The van der Waals surface area contributed by atoms with Crippen molar-refractivity contribution in [2.45, 2.75) is 38.0 Å². The van der Waals surface area contributed by atoms with Gasteiger partial charge in [0.2, 0.25) is 11.8 Å². The average molecular weight is 286 g/mol. The van der Waals surface area contributed by atoms with Crippen LogP contribution in [0.1, 0.15) is 42.7 Å². The molecule has 2 aliphatic rings. The summed E-state index contributed by atoms with van der Waals surface area (Å²) in [6.45, 7) is 2.05. The van der Waals surface area contributed by atoms with Gasteiger partial charge in [-0.15, -0.1) is 0 Å². The van der Waals surface area contributed by atoms with Crippen LogP contribution in [0.15, 0.2) is 24.3 Å². The van der Waals surface area contributed by atoms with E-state index in [-0.39, 0.29) is 11.8 Å². The lowest BCUT2D eigenvalue weighted by Gasteiger charge is -2.16. The monoisotopic (exact) mass is 286 g/mol. The number of benzene rings is 1. The van der Waals surface area contributed by atoms with Crippen molar-refractivity contribution < 1.29 is 9.59 Å². The van der Waals surface area contributed by atoms with E-state index in [1.807, 2.05) is 11.0 Å². The lowest BCUT2D eigenvalue weighted by atomic mass is 9.97. The van der Waals surface area contributed by atoms with Crippen LogP contribution in [0.3, 0.4) is 0 Å². The predicted molar refractivity (Wildman–Crippen MR) is 80.9 cm³/mol. The SMILES string of the molecule is O=C(C[C@H]1CCc2ccccc21)NCCN1CCCC1=O. The number of hydrogen-bond donors (Lipinski definition) is 1. The van der Waals surface area contributed by atoms with Gasteiger partial charge in [-0.1, -0.05) is 24.3 Å². The van der Waals surface area contributed by atoms with Gasteiger partial charge in [0.1, 0.15) is 0 Å². The zero-order valence-corrected chi connectivity index (χ0v) is 12.3. The van der Waals surface area contributed by atoms with E-state index >= 15 is 0 Å². The van der Waals surface area contributed by atoms with E-state index in [0.29, 0.717) is 31.8 Å². The molecule has 0 aromatic heterocycles. The number of amides is 2. The fourth-order valence-corrected chi connectivity index (χ4v) is 3.42. The van der Waals surface area contributed by atoms with E-state index in [4.69, 9.17) is 0 Å². The molecule has 1 aliphatic carbocycles. The van der Waals surface area contributed by atoms with Crippen molar-refractivity contribution in [2.75, 3.05) is 19.6 Å². The Kier molecular flexibility index (Phi) is 4.23. The fraction of sp³-hybridized carbons (Fsp3) is 0.529. The third-order valence-corrected chi connectivity index (χ3v) is 4.56. The van der Waals surface area contributed by atoms with Crippen LogP contribution in [0.25, 0.3) is 0 Å². The van der Waals surface area contributed by atoms with Gasteiger partial charge in [-0.05, 0) is 36.3 Å². The minimum Gasteiger partial charge on any atom is -0.354 e. The summed E-state index contributed by atoms with van der Waals surface area (Å²) in [5, 5.41) is 2.95. The number of hydrogen-bond acceptors (Lipinski definition) is 2. The second kappa shape index (κ2) is 6.29. The van der Waals surface area contributed by atoms with E-state index in [2.05, 4.69) is 23.5 Å². The van der Waals surface area contributed by atoms with Gasteiger partial charge in [0, 0.05) is 32.5 Å². The summed E-state index contributed by atoms with van der Waals surface area (Å²) in [5.41, 5.74) is 2.72. The molecule has 0 bridgehead atoms. The third-order valence-electron chi connectivity index (χ3n) is 4.56. The molecule has 2 amide bonds. The predicted octanol–water partition coefficient (Wildman–Crippen LogP) is 1.85. The Morgan fingerprint density at radius 2 is 2.14 bits per heavy atom. The molecular formula is C17H22N2O2. The number of carbonyl (C=O) groups is 2. The molecule has 1 aromatic rings. The molecule has 21 heavy (non-hydrogen) atoms. The van der Waals surface area contributed by atoms with E-state index in [0.717, 1.165) is 25.8 Å². The largest absolute Gasteiger partial charge is 0.354 e. The van der Waals surface area contributed by atoms with E-state index in [1.54, 1.807) is 0 Å². The van der Waals surface area contributed by atoms with Crippen molar-refractivity contribution in [3.63, 3.8) is 0 Å². The van der Waals surface area contributed by atoms with Crippen molar-refractivity contribution in [3.8, 4) is 0 Å². The molecule has 1 aromatic carbocycles. The highest BCUT2D eigenvalue weighted by Crippen LogP contribution is 2.34. The van der Waals surface area contributed by atoms with Gasteiger partial charge in [0.25, 0.3) is 0 Å². The zero-order chi connectivity index (χ0) is 14.7. The second-order valence-electron chi connectivity index (χ2n) is 5.97. The summed E-state index contributed by atoms with van der Waals surface area (Å²) >= 11 is 0. The molecule has 1 heterocycles. The van der Waals surface area contributed by atoms with Gasteiger partial charge in [0.15, 0.2) is 0 Å². The smallest absolute Gasteiger partial charge is 0.222 e. The molecule has 0 unspecified atom stereocenters. The molecule has 1 fully saturated rings. The lowest BCUT2D eigenvalue weighted by molar-refractivity contribution is -0.128. The van der Waals surface area contributed by atoms with Crippen LogP contribution in [0.5, 0.6) is 0 Å². The first-order chi connectivity index (χ1) is 10.2. The van der Waals surface area contributed by atoms with E-state index in [9.17, 15) is 9.59 Å². The van der Waals surface area contributed by atoms with Crippen LogP contribution < -0.4 is 5.32 Å². The Hall–Kier alpha value is -1.84. The minimum absolute atomic E-state index is 0.100. The first-order valence-corrected chi connectivity index (χ1v) is 7.86. The van der Waals surface area contributed by atoms with Crippen LogP contribution in [0.2, 0.25) is 0 Å². The van der Waals surface area contributed by atoms with Gasteiger partial charge < -0.3 is 10.2 Å². The van der Waals surface area contributed by atoms with E-state index < -0.39 is 0 Å². The van der Waals surface area contributed by atoms with Crippen LogP contribution in [-0.2, 0) is 16.0 Å². The Morgan fingerprint density at radius 3 is 2.95 bits per heavy atom. The average Bonchev–Trinajstić information content (AvgIpc) is 3.07. The molecule has 1 atom stereocenters. The molecule has 1 saturated heterocycles. The highest BCUT2D eigenvalue weighted by atomic mass is 16.2. The summed E-state index contributed by atoms with van der Waals surface area (Å²) in [7, 11) is 0. The van der Waals surface area contributed by atoms with Crippen LogP contribution in [0, 0.1) is 0 Å². The summed E-state index contributed by atoms with van der Waals surface area (Å²) in [6, 6.07) is 8.41. The van der Waals surface area contributed by atoms with E-state index in [1.165, 1.54) is 11.1 Å². The molecule has 1 aliphatic heterocycles. The van der Waals surface area contributed by atoms with Gasteiger partial charge in [-0.2, -0.15) is 0 Å². The van der Waals surface area contributed by atoms with Gasteiger partial charge in [0.05, 0.1) is 0 Å². The Balaban J connectivity index is 1.44. The molecular weight excluding hydrogens is 264 g/mol. The second-order valence-corrected chi connectivity index (χ2v) is 5.97. The number of nitrogens with zero attached hydrogens (tertiary/aromatic N) is 1. The normalized spacial score (nSPS) is 20.7. The summed E-state index contributed by atoms with van der Waals surface area (Å²) in [4.78, 5) is 25.4. The topological polar surface area (TPSA) is 49.4 Å². The fourth-order valence-electron chi connectivity index (χ4n) is 3.42. The zero-order valence-electron chi connectivity index (χ0n) is 12.3. The van der Waals surface area contributed by atoms with Crippen molar-refractivity contribution in [3.05, 3.63) is 35.4 Å². The minimum atomic E-state index is 0.100. The standard InChI is InChI=1S/C17H22N2O2/c20-16(18-9-11-19-10-3-6-17(19)21)12-14-8-7-13-4-1-2-5-15(13)14/h1-2,4-5,14H,3,6-12H2,(H,18,20)/t14-/m1/s1. The summed E-state index contributed by atoms with van der Waals surface area (Å²) < 4.78 is 0. The maximum Gasteiger partial charge on any atom is 0.222 e. The van der Waals surface area contributed by atoms with Crippen LogP contribution >= 0.6 is 0 Å². The molecule has 0 spiro atoms. The third kappa shape index (κ3) is 3.26. The number of likely N-dealkylation sites (tertiary alicyclic amines) is 1. The Morgan fingerprint density at radius 1 is 1.29 bits per heavy atom. The number of nitrogens with one attached hydrogen (secondary N) is 1. The summed E-state index contributed by atoms with van der Waals surface area (Å²) in [5.74, 6) is 0.673. The summed E-state index contributed by atoms with van der Waals surface area (Å²) in [6.07, 6.45) is 4.32. The molecule has 3 rings (SSSR count). The van der Waals surface area contributed by atoms with Crippen molar-refractivity contribution >= 4 is 11.8 Å². The molecule has 112 valence electrons. The van der Waals surface area contributed by atoms with Crippen LogP contribution in [0.4, 0.5) is 0 Å². The maximum atomic E-state index is 12.0. The Labute approximate surface area is 125 Å². The Bertz CT molecular complexity index is 541.